The first-order valence-corrected chi connectivity index (χ1v) is 24.2. The molecule has 0 bridgehead atoms. The van der Waals surface area contributed by atoms with Gasteiger partial charge in [-0.3, -0.25) is 4.79 Å². The van der Waals surface area contributed by atoms with E-state index in [4.69, 9.17) is 37.6 Å². The number of ether oxygens (including phenoxy) is 7. The molecule has 2 heterocycles. The Hall–Kier alpha value is -2.57. The van der Waals surface area contributed by atoms with Crippen molar-refractivity contribution in [3.05, 3.63) is 71.3 Å². The highest BCUT2D eigenvalue weighted by Crippen LogP contribution is 2.46. The lowest BCUT2D eigenvalue weighted by Crippen LogP contribution is -2.64. The molecule has 8 atom stereocenters. The van der Waals surface area contributed by atoms with Crippen LogP contribution in [0.4, 0.5) is 0 Å². The molecule has 2 aromatic rings. The Morgan fingerprint density at radius 3 is 1.98 bits per heavy atom. The second-order valence-electron chi connectivity index (χ2n) is 17.8. The molecule has 9 nitrogen and oxygen atoms in total. The van der Waals surface area contributed by atoms with E-state index in [0.717, 1.165) is 79.6 Å². The van der Waals surface area contributed by atoms with Gasteiger partial charge in [-0.2, -0.15) is 0 Å². The summed E-state index contributed by atoms with van der Waals surface area (Å²) in [5, 5.41) is -0.0218. The number of allylic oxidation sites excluding steroid dienone is 1. The summed E-state index contributed by atoms with van der Waals surface area (Å²) in [4.78, 5) is 12.3. The lowest BCUT2D eigenvalue weighted by molar-refractivity contribution is -0.352. The van der Waals surface area contributed by atoms with Crippen LogP contribution in [-0.2, 0) is 46.1 Å². The molecule has 0 amide bonds. The molecule has 10 heteroatoms. The van der Waals surface area contributed by atoms with Gasteiger partial charge in [0.1, 0.15) is 29.5 Å². The molecule has 0 aromatic heterocycles. The van der Waals surface area contributed by atoms with Crippen molar-refractivity contribution in [2.24, 2.45) is 5.92 Å². The molecule has 0 unspecified atom stereocenters. The number of benzene rings is 2. The summed E-state index contributed by atoms with van der Waals surface area (Å²) in [7, 11) is 2.79. The van der Waals surface area contributed by atoms with E-state index in [2.05, 4.69) is 59.8 Å². The molecule has 57 heavy (non-hydrogen) atoms. The zero-order valence-corrected chi connectivity index (χ0v) is 38.2. The normalized spacial score (nSPS) is 24.9. The number of methoxy groups -OCH3 is 3. The van der Waals surface area contributed by atoms with Crippen LogP contribution in [0.25, 0.3) is 0 Å². The standard InChI is InChI=1S/C47H74O9Si/c1-13-14-15-42(52-31-36-16-20-38(49-8)21-17-36)43-26-24-40(54-43)30-41-25-27-44(56-57(11,12)46(5,6)7)47(51-10,55-41)45(29-33(2)28-34(3)35(4)48)53-32-37-18-22-39(50-9)23-19-37/h16-23,28,34,40-45H,13-15,24-27,29-32H2,1-12H3/b33-28+/t34-,40-,41-,42-,43-,44-,45-,47+/m1/s1. The molecule has 4 rings (SSSR count). The molecule has 0 saturated carbocycles. The van der Waals surface area contributed by atoms with Gasteiger partial charge in [0.2, 0.25) is 5.79 Å². The van der Waals surface area contributed by atoms with Crippen LogP contribution < -0.4 is 9.47 Å². The van der Waals surface area contributed by atoms with Crippen LogP contribution in [0.15, 0.2) is 60.2 Å². The van der Waals surface area contributed by atoms with E-state index in [0.29, 0.717) is 19.6 Å². The average Bonchev–Trinajstić information content (AvgIpc) is 3.65. The quantitative estimate of drug-likeness (QED) is 0.0851. The van der Waals surface area contributed by atoms with Crippen molar-refractivity contribution >= 4 is 14.1 Å². The number of hydrogen-bond donors (Lipinski definition) is 0. The lowest BCUT2D eigenvalue weighted by atomic mass is 9.88. The van der Waals surface area contributed by atoms with Crippen LogP contribution >= 0.6 is 0 Å². The first-order valence-electron chi connectivity index (χ1n) is 21.3. The molecular weight excluding hydrogens is 737 g/mol. The molecule has 0 spiro atoms. The third kappa shape index (κ3) is 13.2. The topological polar surface area (TPSA) is 90.9 Å². The van der Waals surface area contributed by atoms with Crippen LogP contribution in [0.5, 0.6) is 11.5 Å². The van der Waals surface area contributed by atoms with Crippen LogP contribution in [0.2, 0.25) is 18.1 Å². The van der Waals surface area contributed by atoms with Gasteiger partial charge >= 0.3 is 0 Å². The van der Waals surface area contributed by atoms with E-state index in [9.17, 15) is 4.79 Å². The zero-order valence-electron chi connectivity index (χ0n) is 37.2. The second kappa shape index (κ2) is 21.6. The Morgan fingerprint density at radius 2 is 1.46 bits per heavy atom. The summed E-state index contributed by atoms with van der Waals surface area (Å²) in [6.45, 7) is 20.1. The van der Waals surface area contributed by atoms with Gasteiger partial charge in [-0.15, -0.1) is 0 Å². The first-order chi connectivity index (χ1) is 27.0. The summed E-state index contributed by atoms with van der Waals surface area (Å²) in [5.41, 5.74) is 3.18. The van der Waals surface area contributed by atoms with Gasteiger partial charge in [0.15, 0.2) is 8.32 Å². The molecule has 0 aliphatic carbocycles. The molecule has 2 fully saturated rings. The van der Waals surface area contributed by atoms with Crippen molar-refractivity contribution in [3.63, 3.8) is 0 Å². The van der Waals surface area contributed by atoms with Crippen molar-refractivity contribution in [2.45, 2.75) is 180 Å². The Balaban J connectivity index is 1.59. The smallest absolute Gasteiger partial charge is 0.220 e. The van der Waals surface area contributed by atoms with Crippen molar-refractivity contribution in [2.75, 3.05) is 21.3 Å². The maximum atomic E-state index is 12.3. The Kier molecular flexibility index (Phi) is 17.9. The van der Waals surface area contributed by atoms with E-state index >= 15 is 0 Å². The number of carbonyl (C=O) groups excluding carboxylic acids is 1. The average molecular weight is 811 g/mol. The summed E-state index contributed by atoms with van der Waals surface area (Å²) in [6, 6.07) is 16.0. The van der Waals surface area contributed by atoms with Crippen molar-refractivity contribution in [3.8, 4) is 11.5 Å². The van der Waals surface area contributed by atoms with Gasteiger partial charge in [-0.1, -0.05) is 83.4 Å². The molecule has 320 valence electrons. The fourth-order valence-corrected chi connectivity index (χ4v) is 9.04. The minimum absolute atomic E-state index is 0.0210. The number of unbranched alkanes of at least 4 members (excludes halogenated alkanes) is 1. The zero-order chi connectivity index (χ0) is 41.8. The molecule has 0 N–H and O–H groups in total. The molecule has 2 aliphatic heterocycles. The van der Waals surface area contributed by atoms with Crippen LogP contribution in [0.3, 0.4) is 0 Å². The van der Waals surface area contributed by atoms with Crippen LogP contribution in [0, 0.1) is 5.92 Å². The van der Waals surface area contributed by atoms with Crippen LogP contribution in [-0.4, -0.2) is 77.8 Å². The van der Waals surface area contributed by atoms with Crippen LogP contribution in [0.1, 0.15) is 117 Å². The highest BCUT2D eigenvalue weighted by Gasteiger charge is 2.56. The largest absolute Gasteiger partial charge is 0.497 e. The lowest BCUT2D eigenvalue weighted by Gasteiger charge is -2.52. The molecule has 2 aromatic carbocycles. The summed E-state index contributed by atoms with van der Waals surface area (Å²) >= 11 is 0. The van der Waals surface area contributed by atoms with Gasteiger partial charge in [-0.25, -0.2) is 0 Å². The van der Waals surface area contributed by atoms with E-state index in [1.54, 1.807) is 28.3 Å². The molecule has 0 radical (unpaired) electrons. The minimum atomic E-state index is -2.28. The summed E-state index contributed by atoms with van der Waals surface area (Å²) in [5.74, 6) is 0.339. The predicted octanol–water partition coefficient (Wildman–Crippen LogP) is 10.8. The van der Waals surface area contributed by atoms with Crippen molar-refractivity contribution in [1.29, 1.82) is 0 Å². The second-order valence-corrected chi connectivity index (χ2v) is 22.6. The highest BCUT2D eigenvalue weighted by molar-refractivity contribution is 6.74. The molecule has 2 aliphatic rings. The Labute approximate surface area is 345 Å². The van der Waals surface area contributed by atoms with Gasteiger partial charge in [-0.05, 0) is 112 Å². The molecular formula is C47H74O9Si. The van der Waals surface area contributed by atoms with E-state index in [-0.39, 0.29) is 47.3 Å². The monoisotopic (exact) mass is 811 g/mol. The Bertz CT molecular complexity index is 1540. The fraction of sp³-hybridized carbons (Fsp3) is 0.681. The van der Waals surface area contributed by atoms with Crippen molar-refractivity contribution < 1.29 is 42.4 Å². The maximum absolute atomic E-state index is 12.3. The SMILES string of the molecule is CCCC[C@@H](OCc1ccc(OC)cc1)[C@H]1CC[C@H](C[C@H]2CC[C@@H](O[Si](C)(C)C(C)(C)C)[C@@](OC)([C@@H](C/C(C)=C/[C@@H](C)C(C)=O)OCc3ccc(OC)cc3)O2)O1. The highest BCUT2D eigenvalue weighted by atomic mass is 28.4. The van der Waals surface area contributed by atoms with Gasteiger partial charge in [0.05, 0.1) is 51.8 Å². The van der Waals surface area contributed by atoms with E-state index in [1.165, 1.54) is 0 Å². The summed E-state index contributed by atoms with van der Waals surface area (Å²) < 4.78 is 52.3. The van der Waals surface area contributed by atoms with Crippen molar-refractivity contribution in [1.82, 2.24) is 0 Å². The maximum Gasteiger partial charge on any atom is 0.220 e. The third-order valence-corrected chi connectivity index (χ3v) is 16.9. The summed E-state index contributed by atoms with van der Waals surface area (Å²) in [6.07, 6.45) is 9.02. The number of Topliss-reactive ketones (excluding diaryl/α,β-unsaturated/α-hetero) is 1. The van der Waals surface area contributed by atoms with E-state index < -0.39 is 20.2 Å². The first kappa shape index (κ1) is 47.1. The number of hydrogen-bond acceptors (Lipinski definition) is 9. The minimum Gasteiger partial charge on any atom is -0.497 e. The van der Waals surface area contributed by atoms with E-state index in [1.807, 2.05) is 49.4 Å². The Morgan fingerprint density at radius 1 is 0.877 bits per heavy atom. The number of ketones is 1. The third-order valence-electron chi connectivity index (χ3n) is 12.4. The number of rotatable bonds is 22. The predicted molar refractivity (Wildman–Crippen MR) is 229 cm³/mol. The van der Waals surface area contributed by atoms with Gasteiger partial charge in [0.25, 0.3) is 0 Å². The molecule has 2 saturated heterocycles. The fourth-order valence-electron chi connectivity index (χ4n) is 7.69. The van der Waals surface area contributed by atoms with Gasteiger partial charge < -0.3 is 37.6 Å². The van der Waals surface area contributed by atoms with Gasteiger partial charge in [0, 0.05) is 13.0 Å². The number of carbonyl (C=O) groups is 1.